The number of piperidine rings is 1. The van der Waals surface area contributed by atoms with Gasteiger partial charge in [-0.2, -0.15) is 0 Å². The van der Waals surface area contributed by atoms with E-state index in [1.165, 1.54) is 12.8 Å². The van der Waals surface area contributed by atoms with E-state index in [4.69, 9.17) is 11.6 Å². The van der Waals surface area contributed by atoms with Gasteiger partial charge in [0.25, 0.3) is 5.91 Å². The molecular formula is C14H17ClN2O. The van der Waals surface area contributed by atoms with Crippen molar-refractivity contribution in [2.75, 3.05) is 6.54 Å². The highest BCUT2D eigenvalue weighted by molar-refractivity contribution is 6.29. The van der Waals surface area contributed by atoms with Crippen LogP contribution in [0.3, 0.4) is 0 Å². The normalized spacial score (nSPS) is 25.8. The number of likely N-dealkylation sites (tertiary alicyclic amines) is 1. The highest BCUT2D eigenvalue weighted by Crippen LogP contribution is 2.38. The lowest BCUT2D eigenvalue weighted by atomic mass is 10.1. The Balaban J connectivity index is 1.86. The van der Waals surface area contributed by atoms with Gasteiger partial charge in [-0.05, 0) is 43.7 Å². The van der Waals surface area contributed by atoms with Crippen LogP contribution in [-0.4, -0.2) is 28.4 Å². The van der Waals surface area contributed by atoms with Crippen LogP contribution in [0, 0.1) is 5.92 Å². The Labute approximate surface area is 112 Å². The minimum Gasteiger partial charge on any atom is -0.335 e. The molecule has 1 aromatic heterocycles. The lowest BCUT2D eigenvalue weighted by Crippen LogP contribution is -2.37. The third-order valence-electron chi connectivity index (χ3n) is 4.13. The Morgan fingerprint density at radius 2 is 2.33 bits per heavy atom. The molecule has 1 aliphatic heterocycles. The van der Waals surface area contributed by atoms with E-state index < -0.39 is 0 Å². The lowest BCUT2D eigenvalue weighted by Gasteiger charge is -2.27. The molecule has 1 amide bonds. The van der Waals surface area contributed by atoms with Gasteiger partial charge in [-0.1, -0.05) is 18.5 Å². The molecule has 0 spiro atoms. The van der Waals surface area contributed by atoms with Crippen LogP contribution in [0.1, 0.15) is 42.2 Å². The number of carbonyl (C=O) groups is 1. The van der Waals surface area contributed by atoms with Crippen molar-refractivity contribution in [2.24, 2.45) is 5.92 Å². The molecule has 1 saturated heterocycles. The van der Waals surface area contributed by atoms with Crippen molar-refractivity contribution in [1.29, 1.82) is 0 Å². The molecule has 2 heterocycles. The molecule has 1 saturated carbocycles. The topological polar surface area (TPSA) is 33.2 Å². The number of amides is 1. The predicted molar refractivity (Wildman–Crippen MR) is 70.8 cm³/mol. The Hall–Kier alpha value is -1.09. The first-order chi connectivity index (χ1) is 8.67. The van der Waals surface area contributed by atoms with Crippen LogP contribution in [0.5, 0.6) is 0 Å². The summed E-state index contributed by atoms with van der Waals surface area (Å²) in [6.07, 6.45) is 4.43. The summed E-state index contributed by atoms with van der Waals surface area (Å²) in [5.41, 5.74) is 1.58. The highest BCUT2D eigenvalue weighted by atomic mass is 35.5. The maximum atomic E-state index is 12.5. The molecule has 1 aromatic rings. The van der Waals surface area contributed by atoms with Crippen LogP contribution in [0.2, 0.25) is 5.15 Å². The molecule has 96 valence electrons. The van der Waals surface area contributed by atoms with Crippen molar-refractivity contribution in [3.63, 3.8) is 0 Å². The number of hydrogen-bond donors (Lipinski definition) is 0. The van der Waals surface area contributed by atoms with E-state index in [1.807, 2.05) is 17.9 Å². The van der Waals surface area contributed by atoms with Gasteiger partial charge in [-0.15, -0.1) is 0 Å². The Bertz CT molecular complexity index is 489. The average molecular weight is 265 g/mol. The molecule has 18 heavy (non-hydrogen) atoms. The summed E-state index contributed by atoms with van der Waals surface area (Å²) in [5.74, 6) is 0.850. The first-order valence-corrected chi connectivity index (χ1v) is 7.02. The van der Waals surface area contributed by atoms with Gasteiger partial charge >= 0.3 is 0 Å². The molecule has 2 fully saturated rings. The monoisotopic (exact) mass is 264 g/mol. The third kappa shape index (κ3) is 2.01. The van der Waals surface area contributed by atoms with Crippen molar-refractivity contribution < 1.29 is 4.79 Å². The molecule has 1 aliphatic carbocycles. The molecule has 0 aromatic carbocycles. The number of fused-ring (bicyclic) bond motifs is 2. The highest BCUT2D eigenvalue weighted by Gasteiger charge is 2.40. The van der Waals surface area contributed by atoms with Crippen LogP contribution in [-0.2, 0) is 6.42 Å². The lowest BCUT2D eigenvalue weighted by molar-refractivity contribution is 0.0703. The first-order valence-electron chi connectivity index (χ1n) is 6.64. The summed E-state index contributed by atoms with van der Waals surface area (Å²) in [5, 5.41) is 0.419. The minimum atomic E-state index is 0.126. The number of halogens is 1. The second kappa shape index (κ2) is 4.54. The van der Waals surface area contributed by atoms with E-state index >= 15 is 0 Å². The number of hydrogen-bond acceptors (Lipinski definition) is 2. The van der Waals surface area contributed by atoms with E-state index in [0.717, 1.165) is 31.0 Å². The molecule has 2 unspecified atom stereocenters. The maximum absolute atomic E-state index is 12.5. The first kappa shape index (κ1) is 12.0. The third-order valence-corrected chi connectivity index (χ3v) is 4.32. The summed E-state index contributed by atoms with van der Waals surface area (Å²) in [6, 6.07) is 4.02. The van der Waals surface area contributed by atoms with Crippen molar-refractivity contribution in [3.8, 4) is 0 Å². The zero-order chi connectivity index (χ0) is 12.7. The molecular weight excluding hydrogens is 248 g/mol. The van der Waals surface area contributed by atoms with E-state index in [9.17, 15) is 4.79 Å². The van der Waals surface area contributed by atoms with Crippen LogP contribution < -0.4 is 0 Å². The van der Waals surface area contributed by atoms with Gasteiger partial charge in [-0.25, -0.2) is 4.98 Å². The largest absolute Gasteiger partial charge is 0.335 e. The van der Waals surface area contributed by atoms with Gasteiger partial charge in [0.05, 0.1) is 0 Å². The number of aryl methyl sites for hydroxylation is 1. The van der Waals surface area contributed by atoms with Crippen molar-refractivity contribution >= 4 is 17.5 Å². The van der Waals surface area contributed by atoms with Crippen molar-refractivity contribution in [1.82, 2.24) is 9.88 Å². The van der Waals surface area contributed by atoms with Crippen LogP contribution in [0.25, 0.3) is 0 Å². The summed E-state index contributed by atoms with van der Waals surface area (Å²) in [6.45, 7) is 2.94. The standard InChI is InChI=1S/C14H17ClN2O/c1-2-11-6-10(7-13(15)16-11)14(18)17-8-9-3-4-12(17)5-9/h6-7,9,12H,2-5,8H2,1H3. The SMILES string of the molecule is CCc1cc(C(=O)N2CC3CCC2C3)cc(Cl)n1. The molecule has 0 N–H and O–H groups in total. The van der Waals surface area contributed by atoms with E-state index in [2.05, 4.69) is 4.98 Å². The van der Waals surface area contributed by atoms with Gasteiger partial charge in [-0.3, -0.25) is 4.79 Å². The number of rotatable bonds is 2. The molecule has 2 bridgehead atoms. The number of nitrogens with zero attached hydrogens (tertiary/aromatic N) is 2. The van der Waals surface area contributed by atoms with Gasteiger partial charge in [0.1, 0.15) is 5.15 Å². The quantitative estimate of drug-likeness (QED) is 0.770. The Morgan fingerprint density at radius 1 is 1.50 bits per heavy atom. The van der Waals surface area contributed by atoms with Crippen LogP contribution in [0.15, 0.2) is 12.1 Å². The second-order valence-electron chi connectivity index (χ2n) is 5.31. The summed E-state index contributed by atoms with van der Waals surface area (Å²) in [7, 11) is 0. The fraction of sp³-hybridized carbons (Fsp3) is 0.571. The van der Waals surface area contributed by atoms with E-state index in [1.54, 1.807) is 6.07 Å². The smallest absolute Gasteiger partial charge is 0.254 e. The molecule has 2 atom stereocenters. The van der Waals surface area contributed by atoms with Gasteiger partial charge < -0.3 is 4.90 Å². The van der Waals surface area contributed by atoms with Crippen LogP contribution >= 0.6 is 11.6 Å². The average Bonchev–Trinajstić information content (AvgIpc) is 2.99. The van der Waals surface area contributed by atoms with E-state index in [0.29, 0.717) is 16.8 Å². The molecule has 0 radical (unpaired) electrons. The fourth-order valence-corrected chi connectivity index (χ4v) is 3.42. The second-order valence-corrected chi connectivity index (χ2v) is 5.70. The Kier molecular flexibility index (Phi) is 3.02. The minimum absolute atomic E-state index is 0.126. The molecule has 3 nitrogen and oxygen atoms in total. The van der Waals surface area contributed by atoms with Crippen molar-refractivity contribution in [3.05, 3.63) is 28.5 Å². The summed E-state index contributed by atoms with van der Waals surface area (Å²) < 4.78 is 0. The van der Waals surface area contributed by atoms with Gasteiger partial charge in [0.15, 0.2) is 0 Å². The number of carbonyl (C=O) groups excluding carboxylic acids is 1. The molecule has 3 rings (SSSR count). The Morgan fingerprint density at radius 3 is 2.94 bits per heavy atom. The zero-order valence-corrected chi connectivity index (χ0v) is 11.3. The van der Waals surface area contributed by atoms with E-state index in [-0.39, 0.29) is 5.91 Å². The zero-order valence-electron chi connectivity index (χ0n) is 10.5. The summed E-state index contributed by atoms with van der Waals surface area (Å²) in [4.78, 5) is 18.7. The fourth-order valence-electron chi connectivity index (χ4n) is 3.20. The maximum Gasteiger partial charge on any atom is 0.254 e. The summed E-state index contributed by atoms with van der Waals surface area (Å²) >= 11 is 5.98. The predicted octanol–water partition coefficient (Wildman–Crippen LogP) is 2.92. The molecule has 2 aliphatic rings. The van der Waals surface area contributed by atoms with Gasteiger partial charge in [0.2, 0.25) is 0 Å². The number of pyridine rings is 1. The molecule has 4 heteroatoms. The number of aromatic nitrogens is 1. The van der Waals surface area contributed by atoms with Crippen LogP contribution in [0.4, 0.5) is 0 Å². The van der Waals surface area contributed by atoms with Crippen molar-refractivity contribution in [2.45, 2.75) is 38.6 Å². The van der Waals surface area contributed by atoms with Gasteiger partial charge in [0, 0.05) is 23.8 Å².